The second kappa shape index (κ2) is 7.34. The molecule has 3 aromatic heterocycles. The van der Waals surface area contributed by atoms with E-state index in [0.717, 1.165) is 36.6 Å². The summed E-state index contributed by atoms with van der Waals surface area (Å²) in [6, 6.07) is 0. The van der Waals surface area contributed by atoms with Gasteiger partial charge in [-0.3, -0.25) is 9.48 Å². The van der Waals surface area contributed by atoms with Crippen molar-refractivity contribution in [2.75, 3.05) is 13.1 Å². The molecule has 1 saturated heterocycles. The SMILES string of the molecule is Cc1cnn(CC(=O)N2CCCC(c3nnc(Cn4ccnc4)n3C)C2)c1. The van der Waals surface area contributed by atoms with Crippen molar-refractivity contribution in [3.8, 4) is 0 Å². The standard InChI is InChI=1S/C18H24N8O/c1-14-8-20-26(9-14)12-17(27)25-6-3-4-15(10-25)18-22-21-16(23(18)2)11-24-7-5-19-13-24/h5,7-9,13,15H,3-4,6,10-12H2,1-2H3. The lowest BCUT2D eigenvalue weighted by atomic mass is 9.97. The van der Waals surface area contributed by atoms with Gasteiger partial charge < -0.3 is 14.0 Å². The van der Waals surface area contributed by atoms with Crippen LogP contribution in [0, 0.1) is 6.92 Å². The number of piperidine rings is 1. The fourth-order valence-electron chi connectivity index (χ4n) is 3.62. The minimum absolute atomic E-state index is 0.101. The van der Waals surface area contributed by atoms with Crippen molar-refractivity contribution >= 4 is 5.91 Å². The zero-order chi connectivity index (χ0) is 18.8. The summed E-state index contributed by atoms with van der Waals surface area (Å²) in [5.74, 6) is 2.13. The summed E-state index contributed by atoms with van der Waals surface area (Å²) in [4.78, 5) is 18.7. The van der Waals surface area contributed by atoms with Gasteiger partial charge in [0.1, 0.15) is 12.4 Å². The maximum absolute atomic E-state index is 12.7. The van der Waals surface area contributed by atoms with Gasteiger partial charge >= 0.3 is 0 Å². The summed E-state index contributed by atoms with van der Waals surface area (Å²) >= 11 is 0. The van der Waals surface area contributed by atoms with Crippen molar-refractivity contribution in [3.63, 3.8) is 0 Å². The van der Waals surface area contributed by atoms with Crippen LogP contribution in [0.2, 0.25) is 0 Å². The van der Waals surface area contributed by atoms with Gasteiger partial charge in [-0.25, -0.2) is 4.98 Å². The molecule has 0 saturated carbocycles. The van der Waals surface area contributed by atoms with Gasteiger partial charge in [-0.2, -0.15) is 5.10 Å². The third-order valence-corrected chi connectivity index (χ3v) is 5.08. The molecule has 1 aliphatic rings. The molecule has 0 aromatic carbocycles. The second-order valence-electron chi connectivity index (χ2n) is 7.16. The highest BCUT2D eigenvalue weighted by Crippen LogP contribution is 2.26. The van der Waals surface area contributed by atoms with E-state index < -0.39 is 0 Å². The van der Waals surface area contributed by atoms with E-state index in [1.54, 1.807) is 23.4 Å². The molecule has 0 radical (unpaired) electrons. The minimum Gasteiger partial charge on any atom is -0.340 e. The molecule has 1 atom stereocenters. The van der Waals surface area contributed by atoms with Crippen molar-refractivity contribution in [2.45, 2.75) is 38.8 Å². The molecule has 4 rings (SSSR count). The molecule has 1 unspecified atom stereocenters. The Morgan fingerprint density at radius 1 is 1.33 bits per heavy atom. The van der Waals surface area contributed by atoms with E-state index in [-0.39, 0.29) is 18.4 Å². The molecular formula is C18H24N8O. The van der Waals surface area contributed by atoms with Gasteiger partial charge in [0, 0.05) is 44.6 Å². The summed E-state index contributed by atoms with van der Waals surface area (Å²) in [6.45, 7) is 4.36. The van der Waals surface area contributed by atoms with E-state index >= 15 is 0 Å². The Bertz CT molecular complexity index is 910. The number of hydrogen-bond acceptors (Lipinski definition) is 5. The van der Waals surface area contributed by atoms with E-state index in [1.807, 2.05) is 35.8 Å². The van der Waals surface area contributed by atoms with Crippen LogP contribution in [0.1, 0.15) is 36.0 Å². The molecule has 1 amide bonds. The van der Waals surface area contributed by atoms with Crippen molar-refractivity contribution < 1.29 is 4.79 Å². The molecule has 9 nitrogen and oxygen atoms in total. The molecule has 142 valence electrons. The van der Waals surface area contributed by atoms with Crippen LogP contribution in [0.5, 0.6) is 0 Å². The third-order valence-electron chi connectivity index (χ3n) is 5.08. The molecular weight excluding hydrogens is 344 g/mol. The summed E-state index contributed by atoms with van der Waals surface area (Å²) in [5, 5.41) is 13.0. The topological polar surface area (TPSA) is 86.7 Å². The van der Waals surface area contributed by atoms with Crippen LogP contribution < -0.4 is 0 Å². The maximum Gasteiger partial charge on any atom is 0.244 e. The van der Waals surface area contributed by atoms with Gasteiger partial charge in [-0.15, -0.1) is 10.2 Å². The van der Waals surface area contributed by atoms with Crippen LogP contribution >= 0.6 is 0 Å². The van der Waals surface area contributed by atoms with Crippen molar-refractivity contribution in [2.24, 2.45) is 7.05 Å². The van der Waals surface area contributed by atoms with Crippen molar-refractivity contribution in [1.82, 2.24) is 39.0 Å². The zero-order valence-electron chi connectivity index (χ0n) is 15.7. The number of rotatable bonds is 5. The third kappa shape index (κ3) is 3.76. The van der Waals surface area contributed by atoms with Crippen LogP contribution in [-0.2, 0) is 24.9 Å². The number of carbonyl (C=O) groups excluding carboxylic acids is 1. The highest BCUT2D eigenvalue weighted by Gasteiger charge is 2.28. The van der Waals surface area contributed by atoms with E-state index in [0.29, 0.717) is 13.1 Å². The zero-order valence-corrected chi connectivity index (χ0v) is 15.7. The Kier molecular flexibility index (Phi) is 4.74. The first-order valence-corrected chi connectivity index (χ1v) is 9.21. The van der Waals surface area contributed by atoms with Gasteiger partial charge in [0.25, 0.3) is 0 Å². The first kappa shape index (κ1) is 17.4. The predicted molar refractivity (Wildman–Crippen MR) is 97.9 cm³/mol. The first-order chi connectivity index (χ1) is 13.1. The highest BCUT2D eigenvalue weighted by atomic mass is 16.2. The summed E-state index contributed by atoms with van der Waals surface area (Å²) in [7, 11) is 1.99. The average Bonchev–Trinajstić information content (AvgIpc) is 3.39. The number of carbonyl (C=O) groups is 1. The fourth-order valence-corrected chi connectivity index (χ4v) is 3.62. The van der Waals surface area contributed by atoms with Gasteiger partial charge in [0.05, 0.1) is 19.1 Å². The molecule has 0 N–H and O–H groups in total. The molecule has 0 bridgehead atoms. The highest BCUT2D eigenvalue weighted by molar-refractivity contribution is 5.76. The summed E-state index contributed by atoms with van der Waals surface area (Å²) < 4.78 is 5.72. The number of hydrogen-bond donors (Lipinski definition) is 0. The molecule has 27 heavy (non-hydrogen) atoms. The molecule has 1 fully saturated rings. The van der Waals surface area contributed by atoms with E-state index in [2.05, 4.69) is 24.8 Å². The smallest absolute Gasteiger partial charge is 0.244 e. The Balaban J connectivity index is 1.43. The van der Waals surface area contributed by atoms with Crippen LogP contribution in [0.15, 0.2) is 31.1 Å². The monoisotopic (exact) mass is 368 g/mol. The molecule has 9 heteroatoms. The van der Waals surface area contributed by atoms with Crippen molar-refractivity contribution in [1.29, 1.82) is 0 Å². The number of imidazole rings is 1. The summed E-state index contributed by atoms with van der Waals surface area (Å²) in [6.07, 6.45) is 11.1. The van der Waals surface area contributed by atoms with Crippen LogP contribution in [0.4, 0.5) is 0 Å². The van der Waals surface area contributed by atoms with Gasteiger partial charge in [-0.05, 0) is 25.3 Å². The van der Waals surface area contributed by atoms with E-state index in [1.165, 1.54) is 0 Å². The van der Waals surface area contributed by atoms with E-state index in [9.17, 15) is 4.79 Å². The molecule has 3 aromatic rings. The van der Waals surface area contributed by atoms with Crippen LogP contribution in [-0.4, -0.2) is 58.0 Å². The molecule has 1 aliphatic heterocycles. The second-order valence-corrected chi connectivity index (χ2v) is 7.16. The predicted octanol–water partition coefficient (Wildman–Crippen LogP) is 0.971. The Morgan fingerprint density at radius 2 is 2.22 bits per heavy atom. The Morgan fingerprint density at radius 3 is 2.96 bits per heavy atom. The molecule has 4 heterocycles. The molecule has 0 spiro atoms. The quantitative estimate of drug-likeness (QED) is 0.670. The van der Waals surface area contributed by atoms with Crippen molar-refractivity contribution in [3.05, 3.63) is 48.3 Å². The number of likely N-dealkylation sites (tertiary alicyclic amines) is 1. The lowest BCUT2D eigenvalue weighted by Gasteiger charge is -2.32. The first-order valence-electron chi connectivity index (χ1n) is 9.21. The van der Waals surface area contributed by atoms with E-state index in [4.69, 9.17) is 0 Å². The largest absolute Gasteiger partial charge is 0.340 e. The van der Waals surface area contributed by atoms with Gasteiger partial charge in [0.2, 0.25) is 5.91 Å². The lowest BCUT2D eigenvalue weighted by Crippen LogP contribution is -2.41. The summed E-state index contributed by atoms with van der Waals surface area (Å²) in [5.41, 5.74) is 1.06. The fraction of sp³-hybridized carbons (Fsp3) is 0.500. The minimum atomic E-state index is 0.101. The average molecular weight is 368 g/mol. The van der Waals surface area contributed by atoms with Gasteiger partial charge in [-0.1, -0.05) is 0 Å². The normalized spacial score (nSPS) is 17.4. The van der Waals surface area contributed by atoms with Crippen LogP contribution in [0.3, 0.4) is 0 Å². The number of amides is 1. The number of aromatic nitrogens is 7. The van der Waals surface area contributed by atoms with Gasteiger partial charge in [0.15, 0.2) is 5.82 Å². The van der Waals surface area contributed by atoms with Crippen LogP contribution in [0.25, 0.3) is 0 Å². The molecule has 0 aliphatic carbocycles. The Labute approximate surface area is 157 Å². The maximum atomic E-state index is 12.7. The lowest BCUT2D eigenvalue weighted by molar-refractivity contribution is -0.133. The Hall–Kier alpha value is -2.97. The number of aryl methyl sites for hydroxylation is 1. The number of nitrogens with zero attached hydrogens (tertiary/aromatic N) is 8.